The molecule has 0 fully saturated rings. The third-order valence-corrected chi connectivity index (χ3v) is 4.48. The molecule has 3 heteroatoms. The Morgan fingerprint density at radius 1 is 1.05 bits per heavy atom. The van der Waals surface area contributed by atoms with E-state index in [2.05, 4.69) is 31.2 Å². The Kier molecular flexibility index (Phi) is 5.00. The Morgan fingerprint density at radius 3 is 2.26 bits per heavy atom. The molecule has 1 atom stereocenters. The molecule has 0 bridgehead atoms. The summed E-state index contributed by atoms with van der Waals surface area (Å²) in [6, 6.07) is 18.3. The summed E-state index contributed by atoms with van der Waals surface area (Å²) in [6.45, 7) is 2.17. The van der Waals surface area contributed by atoms with Gasteiger partial charge in [0.2, 0.25) is 0 Å². The summed E-state index contributed by atoms with van der Waals surface area (Å²) in [5.41, 5.74) is 2.37. The summed E-state index contributed by atoms with van der Waals surface area (Å²) in [5.74, 6) is 0.881. The molecule has 0 saturated heterocycles. The third-order valence-electron chi connectivity index (χ3n) is 2.88. The van der Waals surface area contributed by atoms with Gasteiger partial charge in [0.15, 0.2) is 0 Å². The van der Waals surface area contributed by atoms with Crippen molar-refractivity contribution in [2.75, 3.05) is 7.11 Å². The van der Waals surface area contributed by atoms with Crippen LogP contribution in [0.2, 0.25) is 0 Å². The Morgan fingerprint density at radius 2 is 1.68 bits per heavy atom. The molecule has 1 nitrogen and oxygen atoms in total. The number of benzene rings is 2. The molecule has 0 saturated carbocycles. The fourth-order valence-corrected chi connectivity index (χ4v) is 3.20. The van der Waals surface area contributed by atoms with Gasteiger partial charge >= 0.3 is 0 Å². The topological polar surface area (TPSA) is 9.23 Å². The molecular weight excluding hydrogens is 272 g/mol. The monoisotopic (exact) mass is 288 g/mol. The molecular formula is C16H16OS2. The Bertz CT molecular complexity index is 534. The standard InChI is InChI=1S/C16H16OS2/c1-12(13-8-10-15(17-2)11-9-13)19-16(18)14-6-4-3-5-7-14/h3-12H,1-2H3. The zero-order valence-corrected chi connectivity index (χ0v) is 12.6. The van der Waals surface area contributed by atoms with E-state index in [1.54, 1.807) is 18.9 Å². The first kappa shape index (κ1) is 14.1. The van der Waals surface area contributed by atoms with Crippen LogP contribution in [-0.2, 0) is 0 Å². The van der Waals surface area contributed by atoms with Crippen molar-refractivity contribution in [3.63, 3.8) is 0 Å². The Balaban J connectivity index is 2.04. The fraction of sp³-hybridized carbons (Fsp3) is 0.188. The van der Waals surface area contributed by atoms with E-state index in [0.717, 1.165) is 15.5 Å². The summed E-state index contributed by atoms with van der Waals surface area (Å²) < 4.78 is 6.10. The van der Waals surface area contributed by atoms with Gasteiger partial charge in [-0.1, -0.05) is 54.7 Å². The van der Waals surface area contributed by atoms with Crippen LogP contribution in [0, 0.1) is 0 Å². The maximum absolute atomic E-state index is 5.48. The lowest BCUT2D eigenvalue weighted by molar-refractivity contribution is 0.414. The molecule has 0 radical (unpaired) electrons. The fourth-order valence-electron chi connectivity index (χ4n) is 1.75. The summed E-state index contributed by atoms with van der Waals surface area (Å²) in [5, 5.41) is 0.332. The maximum Gasteiger partial charge on any atom is 0.118 e. The lowest BCUT2D eigenvalue weighted by Crippen LogP contribution is -1.96. The first-order valence-corrected chi connectivity index (χ1v) is 7.39. The molecule has 2 aromatic carbocycles. The molecule has 0 heterocycles. The van der Waals surface area contributed by atoms with Crippen molar-refractivity contribution in [3.05, 3.63) is 65.7 Å². The number of ether oxygens (including phenoxy) is 1. The van der Waals surface area contributed by atoms with Crippen molar-refractivity contribution in [3.8, 4) is 5.75 Å². The minimum atomic E-state index is 0.332. The minimum Gasteiger partial charge on any atom is -0.497 e. The number of thiocarbonyl (C=S) groups is 1. The first-order valence-electron chi connectivity index (χ1n) is 6.10. The predicted octanol–water partition coefficient (Wildman–Crippen LogP) is 4.87. The van der Waals surface area contributed by atoms with E-state index in [1.165, 1.54) is 5.56 Å². The van der Waals surface area contributed by atoms with Gasteiger partial charge in [-0.2, -0.15) is 0 Å². The second-order valence-corrected chi connectivity index (χ2v) is 6.20. The summed E-state index contributed by atoms with van der Waals surface area (Å²) in [6.07, 6.45) is 0. The van der Waals surface area contributed by atoms with Crippen LogP contribution >= 0.6 is 24.0 Å². The van der Waals surface area contributed by atoms with Crippen LogP contribution in [0.4, 0.5) is 0 Å². The SMILES string of the molecule is COc1ccc(C(C)SC(=S)c2ccccc2)cc1. The highest BCUT2D eigenvalue weighted by molar-refractivity contribution is 8.23. The van der Waals surface area contributed by atoms with Crippen LogP contribution in [-0.4, -0.2) is 11.3 Å². The second kappa shape index (κ2) is 6.73. The van der Waals surface area contributed by atoms with Gasteiger partial charge < -0.3 is 4.74 Å². The normalized spacial score (nSPS) is 11.9. The molecule has 0 spiro atoms. The average molecular weight is 288 g/mol. The maximum atomic E-state index is 5.48. The summed E-state index contributed by atoms with van der Waals surface area (Å²) in [4.78, 5) is 0. The Labute approximate surface area is 124 Å². The van der Waals surface area contributed by atoms with Gasteiger partial charge in [0.1, 0.15) is 5.75 Å². The number of thioether (sulfide) groups is 1. The van der Waals surface area contributed by atoms with Crippen molar-refractivity contribution in [2.24, 2.45) is 0 Å². The van der Waals surface area contributed by atoms with Gasteiger partial charge in [-0.25, -0.2) is 0 Å². The smallest absolute Gasteiger partial charge is 0.118 e. The van der Waals surface area contributed by atoms with Crippen molar-refractivity contribution in [2.45, 2.75) is 12.2 Å². The first-order chi connectivity index (χ1) is 9.20. The number of hydrogen-bond donors (Lipinski definition) is 0. The molecule has 2 rings (SSSR count). The number of rotatable bonds is 4. The van der Waals surface area contributed by atoms with Gasteiger partial charge in [0.25, 0.3) is 0 Å². The number of hydrogen-bond acceptors (Lipinski definition) is 3. The van der Waals surface area contributed by atoms with E-state index in [1.807, 2.05) is 30.3 Å². The molecule has 1 unspecified atom stereocenters. The van der Waals surface area contributed by atoms with Crippen LogP contribution in [0.1, 0.15) is 23.3 Å². The van der Waals surface area contributed by atoms with Gasteiger partial charge in [0.05, 0.1) is 11.3 Å². The Hall–Kier alpha value is -1.32. The van der Waals surface area contributed by atoms with Gasteiger partial charge in [0, 0.05) is 5.25 Å². The van der Waals surface area contributed by atoms with Crippen LogP contribution in [0.5, 0.6) is 5.75 Å². The zero-order chi connectivity index (χ0) is 13.7. The minimum absolute atomic E-state index is 0.332. The zero-order valence-electron chi connectivity index (χ0n) is 11.0. The lowest BCUT2D eigenvalue weighted by Gasteiger charge is -2.13. The van der Waals surface area contributed by atoms with Gasteiger partial charge in [-0.3, -0.25) is 0 Å². The van der Waals surface area contributed by atoms with E-state index in [-0.39, 0.29) is 0 Å². The molecule has 98 valence electrons. The van der Waals surface area contributed by atoms with E-state index in [4.69, 9.17) is 17.0 Å². The molecule has 0 N–H and O–H groups in total. The quantitative estimate of drug-likeness (QED) is 0.743. The van der Waals surface area contributed by atoms with Crippen LogP contribution in [0.25, 0.3) is 0 Å². The van der Waals surface area contributed by atoms with Crippen LogP contribution in [0.3, 0.4) is 0 Å². The molecule has 0 aliphatic carbocycles. The van der Waals surface area contributed by atoms with Crippen molar-refractivity contribution in [1.82, 2.24) is 0 Å². The molecule has 2 aromatic rings. The average Bonchev–Trinajstić information content (AvgIpc) is 2.48. The van der Waals surface area contributed by atoms with E-state index < -0.39 is 0 Å². The van der Waals surface area contributed by atoms with Crippen LogP contribution in [0.15, 0.2) is 54.6 Å². The van der Waals surface area contributed by atoms with Crippen molar-refractivity contribution < 1.29 is 4.74 Å². The predicted molar refractivity (Wildman–Crippen MR) is 87.1 cm³/mol. The number of methoxy groups -OCH3 is 1. The summed E-state index contributed by atoms with van der Waals surface area (Å²) >= 11 is 7.19. The molecule has 0 aliphatic rings. The van der Waals surface area contributed by atoms with E-state index in [0.29, 0.717) is 5.25 Å². The molecule has 0 aromatic heterocycles. The highest BCUT2D eigenvalue weighted by atomic mass is 32.2. The highest BCUT2D eigenvalue weighted by Crippen LogP contribution is 2.32. The van der Waals surface area contributed by atoms with Crippen molar-refractivity contribution in [1.29, 1.82) is 0 Å². The van der Waals surface area contributed by atoms with E-state index in [9.17, 15) is 0 Å². The van der Waals surface area contributed by atoms with Crippen molar-refractivity contribution >= 4 is 28.2 Å². The summed E-state index contributed by atoms with van der Waals surface area (Å²) in [7, 11) is 1.68. The second-order valence-electron chi connectivity index (χ2n) is 4.19. The largest absolute Gasteiger partial charge is 0.497 e. The lowest BCUT2D eigenvalue weighted by atomic mass is 10.2. The highest BCUT2D eigenvalue weighted by Gasteiger charge is 2.10. The third kappa shape index (κ3) is 3.82. The molecule has 0 aliphatic heterocycles. The molecule has 0 amide bonds. The van der Waals surface area contributed by atoms with Gasteiger partial charge in [-0.15, -0.1) is 11.8 Å². The molecule has 19 heavy (non-hydrogen) atoms. The van der Waals surface area contributed by atoms with E-state index >= 15 is 0 Å². The van der Waals surface area contributed by atoms with Gasteiger partial charge in [-0.05, 0) is 30.2 Å². The van der Waals surface area contributed by atoms with Crippen LogP contribution < -0.4 is 4.74 Å².